The maximum absolute atomic E-state index is 11.8. The minimum absolute atomic E-state index is 0.304. The Morgan fingerprint density at radius 1 is 1.26 bits per heavy atom. The number of amides is 1. The van der Waals surface area contributed by atoms with Crippen LogP contribution in [0.5, 0.6) is 0 Å². The highest BCUT2D eigenvalue weighted by Crippen LogP contribution is 2.24. The van der Waals surface area contributed by atoms with Crippen LogP contribution in [0, 0.1) is 5.92 Å². The number of nitrogens with zero attached hydrogens (tertiary/aromatic N) is 1. The largest absolute Gasteiger partial charge is 0.444 e. The molecule has 1 saturated carbocycles. The van der Waals surface area contributed by atoms with E-state index in [2.05, 4.69) is 36.4 Å². The third-order valence-corrected chi connectivity index (χ3v) is 4.57. The second-order valence-corrected chi connectivity index (χ2v) is 8.06. The van der Waals surface area contributed by atoms with E-state index >= 15 is 0 Å². The van der Waals surface area contributed by atoms with Crippen LogP contribution >= 0.6 is 0 Å². The summed E-state index contributed by atoms with van der Waals surface area (Å²) in [6.07, 6.45) is 4.60. The quantitative estimate of drug-likeness (QED) is 0.755. The van der Waals surface area contributed by atoms with E-state index in [4.69, 9.17) is 4.74 Å². The van der Waals surface area contributed by atoms with Gasteiger partial charge in [-0.3, -0.25) is 0 Å². The molecule has 1 aliphatic rings. The molecule has 1 fully saturated rings. The van der Waals surface area contributed by atoms with Crippen LogP contribution in [0.25, 0.3) is 0 Å². The number of alkyl carbamates (subject to hydrolysis) is 1. The summed E-state index contributed by atoms with van der Waals surface area (Å²) < 4.78 is 5.33. The molecule has 0 aromatic rings. The topological polar surface area (TPSA) is 53.6 Å². The Morgan fingerprint density at radius 3 is 2.52 bits per heavy atom. The molecule has 0 aromatic heterocycles. The molecule has 1 amide bonds. The summed E-state index contributed by atoms with van der Waals surface area (Å²) in [6, 6.07) is 1.08. The molecule has 136 valence electrons. The van der Waals surface area contributed by atoms with Gasteiger partial charge in [-0.25, -0.2) is 4.79 Å². The van der Waals surface area contributed by atoms with Gasteiger partial charge in [0.1, 0.15) is 5.60 Å². The van der Waals surface area contributed by atoms with Gasteiger partial charge in [0.15, 0.2) is 0 Å². The van der Waals surface area contributed by atoms with Crippen LogP contribution in [0.1, 0.15) is 60.3 Å². The number of ether oxygens (including phenoxy) is 1. The van der Waals surface area contributed by atoms with Gasteiger partial charge in [-0.05, 0) is 60.4 Å². The molecular weight excluding hydrogens is 290 g/mol. The maximum Gasteiger partial charge on any atom is 0.407 e. The summed E-state index contributed by atoms with van der Waals surface area (Å²) in [5, 5.41) is 6.64. The Balaban J connectivity index is 2.35. The summed E-state index contributed by atoms with van der Waals surface area (Å²) in [6.45, 7) is 12.9. The molecule has 0 aliphatic heterocycles. The van der Waals surface area contributed by atoms with Crippen molar-refractivity contribution in [1.82, 2.24) is 15.5 Å². The van der Waals surface area contributed by atoms with Gasteiger partial charge in [-0.15, -0.1) is 0 Å². The highest BCUT2D eigenvalue weighted by Gasteiger charge is 2.26. The Labute approximate surface area is 142 Å². The normalized spacial score (nSPS) is 22.4. The van der Waals surface area contributed by atoms with Crippen LogP contribution in [-0.2, 0) is 4.74 Å². The molecule has 0 aromatic carbocycles. The first-order valence-corrected chi connectivity index (χ1v) is 9.09. The van der Waals surface area contributed by atoms with Gasteiger partial charge in [0.05, 0.1) is 0 Å². The van der Waals surface area contributed by atoms with Gasteiger partial charge in [0, 0.05) is 31.7 Å². The van der Waals surface area contributed by atoms with Gasteiger partial charge in [0.25, 0.3) is 0 Å². The molecule has 1 rings (SSSR count). The Morgan fingerprint density at radius 2 is 1.91 bits per heavy atom. The predicted molar refractivity (Wildman–Crippen MR) is 95.8 cm³/mol. The molecule has 5 heteroatoms. The summed E-state index contributed by atoms with van der Waals surface area (Å²) in [5.41, 5.74) is -0.435. The Bertz CT molecular complexity index is 353. The molecule has 2 atom stereocenters. The molecule has 0 spiro atoms. The second kappa shape index (κ2) is 9.48. The first-order valence-electron chi connectivity index (χ1n) is 9.09. The predicted octanol–water partition coefficient (Wildman–Crippen LogP) is 3.00. The lowest BCUT2D eigenvalue weighted by Gasteiger charge is -2.33. The summed E-state index contributed by atoms with van der Waals surface area (Å²) in [5.74, 6) is 0.501. The van der Waals surface area contributed by atoms with Gasteiger partial charge < -0.3 is 20.3 Å². The highest BCUT2D eigenvalue weighted by atomic mass is 16.6. The van der Waals surface area contributed by atoms with E-state index < -0.39 is 5.60 Å². The zero-order chi connectivity index (χ0) is 17.5. The Hall–Kier alpha value is -0.810. The molecule has 5 nitrogen and oxygen atoms in total. The number of carbonyl (C=O) groups excluding carboxylic acids is 1. The summed E-state index contributed by atoms with van der Waals surface area (Å²) in [4.78, 5) is 14.2. The van der Waals surface area contributed by atoms with E-state index in [1.165, 1.54) is 25.7 Å². The smallest absolute Gasteiger partial charge is 0.407 e. The number of hydrogen-bond acceptors (Lipinski definition) is 4. The average molecular weight is 328 g/mol. The lowest BCUT2D eigenvalue weighted by Crippen LogP contribution is -2.47. The van der Waals surface area contributed by atoms with E-state index in [0.717, 1.165) is 13.1 Å². The van der Waals surface area contributed by atoms with Crippen molar-refractivity contribution in [1.29, 1.82) is 0 Å². The molecule has 0 heterocycles. The van der Waals surface area contributed by atoms with Crippen molar-refractivity contribution in [2.75, 3.05) is 26.7 Å². The number of rotatable bonds is 7. The monoisotopic (exact) mass is 327 g/mol. The molecule has 0 saturated heterocycles. The molecule has 1 aliphatic carbocycles. The Kier molecular flexibility index (Phi) is 8.34. The second-order valence-electron chi connectivity index (χ2n) is 8.06. The molecule has 2 unspecified atom stereocenters. The van der Waals surface area contributed by atoms with Gasteiger partial charge in [-0.1, -0.05) is 12.8 Å². The SMILES string of the molecule is CC(C)N(C)CCNC1CCCCC1CNC(=O)OC(C)(C)C. The maximum atomic E-state index is 11.8. The lowest BCUT2D eigenvalue weighted by atomic mass is 9.84. The minimum atomic E-state index is -0.435. The first kappa shape index (κ1) is 20.2. The van der Waals surface area contributed by atoms with Gasteiger partial charge in [-0.2, -0.15) is 0 Å². The van der Waals surface area contributed by atoms with Crippen LogP contribution in [0.3, 0.4) is 0 Å². The fourth-order valence-corrected chi connectivity index (χ4v) is 2.93. The zero-order valence-corrected chi connectivity index (χ0v) is 15.9. The molecule has 23 heavy (non-hydrogen) atoms. The van der Waals surface area contributed by atoms with Crippen LogP contribution in [-0.4, -0.2) is 55.4 Å². The first-order chi connectivity index (χ1) is 10.7. The van der Waals surface area contributed by atoms with E-state index in [1.807, 2.05) is 20.8 Å². The number of carbonyl (C=O) groups is 1. The van der Waals surface area contributed by atoms with Crippen molar-refractivity contribution < 1.29 is 9.53 Å². The third-order valence-electron chi connectivity index (χ3n) is 4.57. The summed E-state index contributed by atoms with van der Waals surface area (Å²) in [7, 11) is 2.16. The highest BCUT2D eigenvalue weighted by molar-refractivity contribution is 5.67. The zero-order valence-electron chi connectivity index (χ0n) is 15.9. The van der Waals surface area contributed by atoms with E-state index in [-0.39, 0.29) is 6.09 Å². The van der Waals surface area contributed by atoms with E-state index in [1.54, 1.807) is 0 Å². The fraction of sp³-hybridized carbons (Fsp3) is 0.944. The van der Waals surface area contributed by atoms with Gasteiger partial charge >= 0.3 is 6.09 Å². The van der Waals surface area contributed by atoms with Crippen LogP contribution in [0.15, 0.2) is 0 Å². The van der Waals surface area contributed by atoms with Crippen molar-refractivity contribution in [3.05, 3.63) is 0 Å². The van der Waals surface area contributed by atoms with Crippen molar-refractivity contribution in [2.45, 2.75) is 78.0 Å². The molecule has 2 N–H and O–H groups in total. The van der Waals surface area contributed by atoms with Crippen LogP contribution < -0.4 is 10.6 Å². The fourth-order valence-electron chi connectivity index (χ4n) is 2.93. The van der Waals surface area contributed by atoms with Crippen molar-refractivity contribution in [3.8, 4) is 0 Å². The number of hydrogen-bond donors (Lipinski definition) is 2. The van der Waals surface area contributed by atoms with E-state index in [0.29, 0.717) is 24.5 Å². The van der Waals surface area contributed by atoms with Crippen molar-refractivity contribution >= 4 is 6.09 Å². The average Bonchev–Trinajstić information content (AvgIpc) is 2.44. The molecule has 0 bridgehead atoms. The summed E-state index contributed by atoms with van der Waals surface area (Å²) >= 11 is 0. The molecule has 0 radical (unpaired) electrons. The van der Waals surface area contributed by atoms with Crippen molar-refractivity contribution in [2.24, 2.45) is 5.92 Å². The van der Waals surface area contributed by atoms with Crippen LogP contribution in [0.2, 0.25) is 0 Å². The van der Waals surface area contributed by atoms with Crippen LogP contribution in [0.4, 0.5) is 4.79 Å². The number of nitrogens with one attached hydrogen (secondary N) is 2. The lowest BCUT2D eigenvalue weighted by molar-refractivity contribution is 0.0510. The standard InChI is InChI=1S/C18H37N3O2/c1-14(2)21(6)12-11-19-16-10-8-7-9-15(16)13-20-17(22)23-18(3,4)5/h14-16,19H,7-13H2,1-6H3,(H,20,22). The van der Waals surface area contributed by atoms with E-state index in [9.17, 15) is 4.79 Å². The number of likely N-dealkylation sites (N-methyl/N-ethyl adjacent to an activating group) is 1. The van der Waals surface area contributed by atoms with Crippen molar-refractivity contribution in [3.63, 3.8) is 0 Å². The molecular formula is C18H37N3O2. The minimum Gasteiger partial charge on any atom is -0.444 e. The third kappa shape index (κ3) is 8.56. The van der Waals surface area contributed by atoms with Gasteiger partial charge in [0.2, 0.25) is 0 Å².